The van der Waals surface area contributed by atoms with Crippen LogP contribution in [0.3, 0.4) is 0 Å². The summed E-state index contributed by atoms with van der Waals surface area (Å²) in [6.45, 7) is 4.75. The molecule has 0 spiro atoms. The summed E-state index contributed by atoms with van der Waals surface area (Å²) in [6, 6.07) is 6.49. The third-order valence-electron chi connectivity index (χ3n) is 4.77. The monoisotopic (exact) mass is 291 g/mol. The van der Waals surface area contributed by atoms with Gasteiger partial charge in [-0.1, -0.05) is 19.9 Å². The molecule has 0 radical (unpaired) electrons. The standard InChI is InChI=1S/C18H29NO2/c1-12-8-13(2)10-14(9-12)18(19-3)16-7-6-15(20-4)11-17(16)21-5/h6-7,11-14,18-19H,8-10H2,1-5H3. The predicted molar refractivity (Wildman–Crippen MR) is 87.0 cm³/mol. The summed E-state index contributed by atoms with van der Waals surface area (Å²) in [4.78, 5) is 0. The van der Waals surface area contributed by atoms with E-state index in [2.05, 4.69) is 32.3 Å². The third kappa shape index (κ3) is 3.70. The second-order valence-electron chi connectivity index (χ2n) is 6.55. The van der Waals surface area contributed by atoms with Crippen molar-refractivity contribution in [2.24, 2.45) is 17.8 Å². The minimum atomic E-state index is 0.344. The minimum Gasteiger partial charge on any atom is -0.497 e. The van der Waals surface area contributed by atoms with Gasteiger partial charge in [0.05, 0.1) is 14.2 Å². The molecule has 0 amide bonds. The molecule has 1 aromatic carbocycles. The minimum absolute atomic E-state index is 0.344. The van der Waals surface area contributed by atoms with Crippen molar-refractivity contribution in [2.45, 2.75) is 39.2 Å². The van der Waals surface area contributed by atoms with Gasteiger partial charge in [0.1, 0.15) is 11.5 Å². The van der Waals surface area contributed by atoms with Crippen LogP contribution < -0.4 is 14.8 Å². The summed E-state index contributed by atoms with van der Waals surface area (Å²) in [5.41, 5.74) is 1.24. The van der Waals surface area contributed by atoms with Crippen molar-refractivity contribution in [3.8, 4) is 11.5 Å². The van der Waals surface area contributed by atoms with Crippen LogP contribution in [0.4, 0.5) is 0 Å². The number of hydrogen-bond acceptors (Lipinski definition) is 3. The van der Waals surface area contributed by atoms with Crippen LogP contribution in [0.15, 0.2) is 18.2 Å². The Kier molecular flexibility index (Phi) is 5.51. The van der Waals surface area contributed by atoms with E-state index in [4.69, 9.17) is 9.47 Å². The summed E-state index contributed by atoms with van der Waals surface area (Å²) < 4.78 is 10.9. The maximum Gasteiger partial charge on any atom is 0.127 e. The van der Waals surface area contributed by atoms with Gasteiger partial charge in [-0.05, 0) is 50.1 Å². The summed E-state index contributed by atoms with van der Waals surface area (Å²) >= 11 is 0. The molecule has 3 atom stereocenters. The lowest BCUT2D eigenvalue weighted by atomic mass is 9.72. The molecule has 3 unspecified atom stereocenters. The Hall–Kier alpha value is -1.22. The van der Waals surface area contributed by atoms with Crippen LogP contribution in [0, 0.1) is 17.8 Å². The molecule has 2 rings (SSSR count). The molecule has 1 N–H and O–H groups in total. The van der Waals surface area contributed by atoms with Gasteiger partial charge in [-0.25, -0.2) is 0 Å². The fourth-order valence-corrected chi connectivity index (χ4v) is 4.00. The van der Waals surface area contributed by atoms with E-state index in [0.717, 1.165) is 23.3 Å². The Labute approximate surface area is 129 Å². The third-order valence-corrected chi connectivity index (χ3v) is 4.77. The highest BCUT2D eigenvalue weighted by Crippen LogP contribution is 2.42. The van der Waals surface area contributed by atoms with Crippen molar-refractivity contribution in [2.75, 3.05) is 21.3 Å². The Bertz CT molecular complexity index is 451. The maximum absolute atomic E-state index is 5.60. The van der Waals surface area contributed by atoms with Crippen LogP contribution in [-0.4, -0.2) is 21.3 Å². The predicted octanol–water partition coefficient (Wildman–Crippen LogP) is 4.04. The smallest absolute Gasteiger partial charge is 0.127 e. The summed E-state index contributed by atoms with van der Waals surface area (Å²) in [7, 11) is 5.48. The van der Waals surface area contributed by atoms with Gasteiger partial charge < -0.3 is 14.8 Å². The molecule has 0 aliphatic heterocycles. The normalized spacial score (nSPS) is 27.2. The first-order chi connectivity index (χ1) is 10.1. The fourth-order valence-electron chi connectivity index (χ4n) is 4.00. The molecule has 0 saturated heterocycles. The summed E-state index contributed by atoms with van der Waals surface area (Å²) in [5, 5.41) is 3.52. The lowest BCUT2D eigenvalue weighted by Crippen LogP contribution is -2.31. The zero-order valence-corrected chi connectivity index (χ0v) is 14.0. The van der Waals surface area contributed by atoms with Gasteiger partial charge in [-0.3, -0.25) is 0 Å². The van der Waals surface area contributed by atoms with Gasteiger partial charge in [0, 0.05) is 17.7 Å². The maximum atomic E-state index is 5.60. The Morgan fingerprint density at radius 3 is 2.24 bits per heavy atom. The molecular weight excluding hydrogens is 262 g/mol. The van der Waals surface area contributed by atoms with Gasteiger partial charge in [-0.2, -0.15) is 0 Å². The number of hydrogen-bond donors (Lipinski definition) is 1. The van der Waals surface area contributed by atoms with Crippen LogP contribution in [0.2, 0.25) is 0 Å². The summed E-state index contributed by atoms with van der Waals surface area (Å²) in [5.74, 6) is 4.03. The van der Waals surface area contributed by atoms with E-state index >= 15 is 0 Å². The molecule has 0 heterocycles. The second kappa shape index (κ2) is 7.17. The zero-order chi connectivity index (χ0) is 15.4. The number of methoxy groups -OCH3 is 2. The van der Waals surface area contributed by atoms with Crippen molar-refractivity contribution in [3.05, 3.63) is 23.8 Å². The molecule has 0 bridgehead atoms. The molecule has 1 aromatic rings. The van der Waals surface area contributed by atoms with Crippen LogP contribution in [0.25, 0.3) is 0 Å². The molecule has 1 fully saturated rings. The van der Waals surface area contributed by atoms with Crippen molar-refractivity contribution >= 4 is 0 Å². The topological polar surface area (TPSA) is 30.5 Å². The van der Waals surface area contributed by atoms with E-state index in [1.165, 1.54) is 24.8 Å². The Morgan fingerprint density at radius 2 is 1.71 bits per heavy atom. The lowest BCUT2D eigenvalue weighted by Gasteiger charge is -2.37. The molecule has 3 nitrogen and oxygen atoms in total. The number of nitrogens with one attached hydrogen (secondary N) is 1. The van der Waals surface area contributed by atoms with E-state index in [1.54, 1.807) is 14.2 Å². The van der Waals surface area contributed by atoms with Gasteiger partial charge in [0.15, 0.2) is 0 Å². The van der Waals surface area contributed by atoms with Gasteiger partial charge in [0.25, 0.3) is 0 Å². The second-order valence-corrected chi connectivity index (χ2v) is 6.55. The van der Waals surface area contributed by atoms with Crippen LogP contribution in [-0.2, 0) is 0 Å². The quantitative estimate of drug-likeness (QED) is 0.888. The molecule has 1 saturated carbocycles. The first kappa shape index (κ1) is 16.2. The fraction of sp³-hybridized carbons (Fsp3) is 0.667. The molecule has 118 valence electrons. The highest BCUT2D eigenvalue weighted by atomic mass is 16.5. The van der Waals surface area contributed by atoms with Crippen molar-refractivity contribution < 1.29 is 9.47 Å². The Balaban J connectivity index is 2.28. The molecule has 1 aliphatic carbocycles. The van der Waals surface area contributed by atoms with Crippen LogP contribution >= 0.6 is 0 Å². The highest BCUT2D eigenvalue weighted by molar-refractivity contribution is 5.42. The lowest BCUT2D eigenvalue weighted by molar-refractivity contribution is 0.179. The highest BCUT2D eigenvalue weighted by Gasteiger charge is 2.31. The van der Waals surface area contributed by atoms with E-state index < -0.39 is 0 Å². The first-order valence-corrected chi connectivity index (χ1v) is 7.98. The van der Waals surface area contributed by atoms with Crippen LogP contribution in [0.1, 0.15) is 44.7 Å². The first-order valence-electron chi connectivity index (χ1n) is 7.98. The van der Waals surface area contributed by atoms with Crippen molar-refractivity contribution in [3.63, 3.8) is 0 Å². The van der Waals surface area contributed by atoms with Crippen molar-refractivity contribution in [1.29, 1.82) is 0 Å². The van der Waals surface area contributed by atoms with Crippen LogP contribution in [0.5, 0.6) is 11.5 Å². The van der Waals surface area contributed by atoms with E-state index in [1.807, 2.05) is 12.1 Å². The summed E-state index contributed by atoms with van der Waals surface area (Å²) in [6.07, 6.45) is 3.92. The average Bonchev–Trinajstić information content (AvgIpc) is 2.47. The average molecular weight is 291 g/mol. The van der Waals surface area contributed by atoms with E-state index in [-0.39, 0.29) is 0 Å². The number of rotatable bonds is 5. The van der Waals surface area contributed by atoms with Gasteiger partial charge >= 0.3 is 0 Å². The molecule has 1 aliphatic rings. The number of benzene rings is 1. The van der Waals surface area contributed by atoms with E-state index in [0.29, 0.717) is 12.0 Å². The molecule has 0 aromatic heterocycles. The SMILES string of the molecule is CNC(c1ccc(OC)cc1OC)C1CC(C)CC(C)C1. The largest absolute Gasteiger partial charge is 0.497 e. The van der Waals surface area contributed by atoms with E-state index in [9.17, 15) is 0 Å². The molecule has 3 heteroatoms. The molecule has 21 heavy (non-hydrogen) atoms. The number of ether oxygens (including phenoxy) is 2. The molecular formula is C18H29NO2. The van der Waals surface area contributed by atoms with Crippen molar-refractivity contribution in [1.82, 2.24) is 5.32 Å². The van der Waals surface area contributed by atoms with Gasteiger partial charge in [0.2, 0.25) is 0 Å². The Morgan fingerprint density at radius 1 is 1.05 bits per heavy atom. The van der Waals surface area contributed by atoms with Gasteiger partial charge in [-0.15, -0.1) is 0 Å². The zero-order valence-electron chi connectivity index (χ0n) is 14.0.